The smallest absolute Gasteiger partial charge is 0.270 e. The first-order chi connectivity index (χ1) is 13.6. The lowest BCUT2D eigenvalue weighted by atomic mass is 10.1. The van der Waals surface area contributed by atoms with Crippen molar-refractivity contribution in [1.82, 2.24) is 4.98 Å². The number of hydrogen-bond donors (Lipinski definition) is 0. The second kappa shape index (κ2) is 7.03. The molecule has 0 unspecified atom stereocenters. The second-order valence-electron chi connectivity index (χ2n) is 6.08. The highest BCUT2D eigenvalue weighted by molar-refractivity contribution is 5.83. The third-order valence-electron chi connectivity index (χ3n) is 4.41. The number of nitro benzene ring substituents is 1. The van der Waals surface area contributed by atoms with E-state index >= 15 is 0 Å². The topological polar surface area (TPSA) is 87.6 Å². The molecule has 0 aliphatic rings. The van der Waals surface area contributed by atoms with Crippen LogP contribution in [0.2, 0.25) is 0 Å². The molecule has 0 amide bonds. The average Bonchev–Trinajstić information content (AvgIpc) is 3.16. The van der Waals surface area contributed by atoms with Crippen molar-refractivity contribution < 1.29 is 18.8 Å². The van der Waals surface area contributed by atoms with Crippen molar-refractivity contribution in [2.45, 2.75) is 0 Å². The number of ether oxygens (including phenoxy) is 2. The van der Waals surface area contributed by atoms with Gasteiger partial charge in [-0.2, -0.15) is 0 Å². The predicted molar refractivity (Wildman–Crippen MR) is 105 cm³/mol. The van der Waals surface area contributed by atoms with Crippen LogP contribution in [0.25, 0.3) is 33.7 Å². The molecule has 0 aliphatic heterocycles. The highest BCUT2D eigenvalue weighted by atomic mass is 16.6. The Morgan fingerprint density at radius 3 is 2.54 bits per heavy atom. The number of hydrogen-bond acceptors (Lipinski definition) is 6. The van der Waals surface area contributed by atoms with Crippen LogP contribution in [0.15, 0.2) is 65.1 Å². The summed E-state index contributed by atoms with van der Waals surface area (Å²) in [7, 11) is 3.12. The average molecular weight is 376 g/mol. The Labute approximate surface area is 160 Å². The molecule has 7 nitrogen and oxygen atoms in total. The van der Waals surface area contributed by atoms with Crippen molar-refractivity contribution in [2.24, 2.45) is 0 Å². The Balaban J connectivity index is 1.81. The maximum absolute atomic E-state index is 11.1. The maximum Gasteiger partial charge on any atom is 0.270 e. The second-order valence-corrected chi connectivity index (χ2v) is 6.08. The van der Waals surface area contributed by atoms with E-state index in [2.05, 4.69) is 4.98 Å². The molecule has 0 aliphatic carbocycles. The molecule has 0 radical (unpaired) electrons. The normalized spacial score (nSPS) is 10.8. The molecule has 0 saturated carbocycles. The largest absolute Gasteiger partial charge is 0.497 e. The fourth-order valence-corrected chi connectivity index (χ4v) is 3.00. The third kappa shape index (κ3) is 3.14. The predicted octanol–water partition coefficient (Wildman–Crippen LogP) is 5.09. The molecule has 0 atom stereocenters. The molecule has 1 aromatic heterocycles. The van der Waals surface area contributed by atoms with Crippen molar-refractivity contribution in [3.8, 4) is 34.1 Å². The van der Waals surface area contributed by atoms with Crippen LogP contribution in [0.4, 0.5) is 5.69 Å². The van der Waals surface area contributed by atoms with Crippen LogP contribution < -0.4 is 9.47 Å². The zero-order chi connectivity index (χ0) is 19.7. The Morgan fingerprint density at radius 2 is 1.79 bits per heavy atom. The monoisotopic (exact) mass is 376 g/mol. The van der Waals surface area contributed by atoms with Crippen LogP contribution >= 0.6 is 0 Å². The van der Waals surface area contributed by atoms with Gasteiger partial charge in [-0.25, -0.2) is 4.98 Å². The lowest BCUT2D eigenvalue weighted by Crippen LogP contribution is -1.92. The first-order valence-electron chi connectivity index (χ1n) is 8.47. The molecule has 4 rings (SSSR count). The molecule has 0 saturated heterocycles. The molecule has 4 aromatic rings. The lowest BCUT2D eigenvalue weighted by molar-refractivity contribution is -0.384. The minimum atomic E-state index is -0.466. The van der Waals surface area contributed by atoms with E-state index in [1.54, 1.807) is 7.11 Å². The number of nitro groups is 1. The zero-order valence-electron chi connectivity index (χ0n) is 15.2. The zero-order valence-corrected chi connectivity index (χ0v) is 15.2. The van der Waals surface area contributed by atoms with E-state index in [1.807, 2.05) is 42.5 Å². The summed E-state index contributed by atoms with van der Waals surface area (Å²) in [6.45, 7) is 0. The summed E-state index contributed by atoms with van der Waals surface area (Å²) in [5.74, 6) is 1.48. The van der Waals surface area contributed by atoms with E-state index in [-0.39, 0.29) is 11.6 Å². The number of methoxy groups -OCH3 is 2. The summed E-state index contributed by atoms with van der Waals surface area (Å²) in [4.78, 5) is 15.2. The summed E-state index contributed by atoms with van der Waals surface area (Å²) in [5.41, 5.74) is 3.53. The molecule has 0 N–H and O–H groups in total. The highest BCUT2D eigenvalue weighted by Gasteiger charge is 2.18. The number of non-ortho nitro benzene ring substituents is 1. The first kappa shape index (κ1) is 17.5. The number of aromatic nitrogens is 1. The number of rotatable bonds is 5. The minimum absolute atomic E-state index is 0.0601. The molecule has 0 fully saturated rings. The molecule has 7 heteroatoms. The van der Waals surface area contributed by atoms with Crippen molar-refractivity contribution in [2.75, 3.05) is 14.2 Å². The van der Waals surface area contributed by atoms with Gasteiger partial charge < -0.3 is 13.9 Å². The summed E-state index contributed by atoms with van der Waals surface area (Å²) < 4.78 is 16.4. The molecular weight excluding hydrogens is 360 g/mol. The van der Waals surface area contributed by atoms with Crippen molar-refractivity contribution >= 4 is 16.8 Å². The molecule has 3 aromatic carbocycles. The molecule has 0 bridgehead atoms. The summed E-state index contributed by atoms with van der Waals surface area (Å²) in [5, 5.41) is 11.1. The first-order valence-corrected chi connectivity index (χ1v) is 8.47. The van der Waals surface area contributed by atoms with Gasteiger partial charge in [-0.15, -0.1) is 0 Å². The minimum Gasteiger partial charge on any atom is -0.497 e. The van der Waals surface area contributed by atoms with Crippen molar-refractivity contribution in [3.63, 3.8) is 0 Å². The van der Waals surface area contributed by atoms with Crippen LogP contribution in [0.3, 0.4) is 0 Å². The van der Waals surface area contributed by atoms with Gasteiger partial charge in [-0.3, -0.25) is 10.1 Å². The Kier molecular flexibility index (Phi) is 4.41. The Morgan fingerprint density at radius 1 is 0.964 bits per heavy atom. The molecular formula is C21H16N2O5. The van der Waals surface area contributed by atoms with E-state index in [9.17, 15) is 10.1 Å². The van der Waals surface area contributed by atoms with Gasteiger partial charge in [0.15, 0.2) is 5.58 Å². The van der Waals surface area contributed by atoms with Crippen LogP contribution in [-0.2, 0) is 0 Å². The number of benzene rings is 3. The van der Waals surface area contributed by atoms with Gasteiger partial charge in [-0.05, 0) is 41.5 Å². The number of nitrogens with zero attached hydrogens (tertiary/aromatic N) is 2. The van der Waals surface area contributed by atoms with Crippen LogP contribution in [0.1, 0.15) is 0 Å². The van der Waals surface area contributed by atoms with Crippen LogP contribution in [-0.4, -0.2) is 24.1 Å². The summed E-state index contributed by atoms with van der Waals surface area (Å²) >= 11 is 0. The van der Waals surface area contributed by atoms with Crippen LogP contribution in [0.5, 0.6) is 11.5 Å². The molecule has 0 spiro atoms. The van der Waals surface area contributed by atoms with E-state index in [0.717, 1.165) is 16.9 Å². The number of fused-ring (bicyclic) bond motifs is 1. The Hall–Kier alpha value is -3.87. The number of oxazole rings is 1. The molecule has 28 heavy (non-hydrogen) atoms. The van der Waals surface area contributed by atoms with Gasteiger partial charge in [0.25, 0.3) is 5.69 Å². The summed E-state index contributed by atoms with van der Waals surface area (Å²) in [6, 6.07) is 17.7. The van der Waals surface area contributed by atoms with Crippen LogP contribution in [0, 0.1) is 10.1 Å². The quantitative estimate of drug-likeness (QED) is 0.356. The summed E-state index contributed by atoms with van der Waals surface area (Å²) in [6.07, 6.45) is 0. The third-order valence-corrected chi connectivity index (χ3v) is 4.41. The van der Waals surface area contributed by atoms with Gasteiger partial charge in [0, 0.05) is 12.1 Å². The fraction of sp³-hybridized carbons (Fsp3) is 0.0952. The van der Waals surface area contributed by atoms with Gasteiger partial charge in [0.2, 0.25) is 5.89 Å². The van der Waals surface area contributed by atoms with Crippen molar-refractivity contribution in [3.05, 3.63) is 70.8 Å². The lowest BCUT2D eigenvalue weighted by Gasteiger charge is -2.04. The van der Waals surface area contributed by atoms with E-state index in [0.29, 0.717) is 22.4 Å². The van der Waals surface area contributed by atoms with E-state index in [4.69, 9.17) is 13.9 Å². The van der Waals surface area contributed by atoms with Gasteiger partial charge in [0.1, 0.15) is 17.0 Å². The Bertz CT molecular complexity index is 1180. The molecule has 140 valence electrons. The van der Waals surface area contributed by atoms with Gasteiger partial charge in [0.05, 0.1) is 24.7 Å². The highest BCUT2D eigenvalue weighted by Crippen LogP contribution is 2.35. The van der Waals surface area contributed by atoms with Gasteiger partial charge in [-0.1, -0.05) is 18.2 Å². The van der Waals surface area contributed by atoms with Crippen molar-refractivity contribution in [1.29, 1.82) is 0 Å². The fourth-order valence-electron chi connectivity index (χ4n) is 3.00. The SMILES string of the molecule is COc1cccc(-c2ccc3oc(-c4cc([N+](=O)[O-])ccc4OC)nc3c2)c1. The van der Waals surface area contributed by atoms with E-state index < -0.39 is 4.92 Å². The van der Waals surface area contributed by atoms with E-state index in [1.165, 1.54) is 25.3 Å². The standard InChI is InChI=1S/C21H16N2O5/c1-26-16-5-3-4-13(10-16)14-6-8-20-18(11-14)22-21(28-20)17-12-15(23(24)25)7-9-19(17)27-2/h3-12H,1-2H3. The molecule has 1 heterocycles. The van der Waals surface area contributed by atoms with Gasteiger partial charge >= 0.3 is 0 Å². The maximum atomic E-state index is 11.1.